The van der Waals surface area contributed by atoms with Crippen molar-refractivity contribution in [1.82, 2.24) is 15.2 Å². The van der Waals surface area contributed by atoms with Gasteiger partial charge in [0.2, 0.25) is 0 Å². The minimum Gasteiger partial charge on any atom is -0.504 e. The number of benzene rings is 2. The standard InChI is InChI=1S/C19H19N5O3S/c1-22-17-16(23(19(22)26)13-6-4-3-5-7-13)21-18(28)24(17)20-11-12-8-9-14(25)15(10-12)27-2/h3-11,16-17,25H,1-2H3,(H,21,28)/b20-11+. The molecule has 0 aromatic heterocycles. The summed E-state index contributed by atoms with van der Waals surface area (Å²) in [6.07, 6.45) is 0.885. The molecule has 2 unspecified atom stereocenters. The van der Waals surface area contributed by atoms with Crippen molar-refractivity contribution in [1.29, 1.82) is 0 Å². The maximum Gasteiger partial charge on any atom is 0.327 e. The van der Waals surface area contributed by atoms with Gasteiger partial charge >= 0.3 is 6.03 Å². The average Bonchev–Trinajstić information content (AvgIpc) is 3.14. The first-order valence-corrected chi connectivity index (χ1v) is 9.04. The molecule has 2 aliphatic rings. The van der Waals surface area contributed by atoms with Gasteiger partial charge in [-0.2, -0.15) is 5.10 Å². The van der Waals surface area contributed by atoms with Crippen LogP contribution in [-0.4, -0.2) is 58.9 Å². The Hall–Kier alpha value is -3.33. The lowest BCUT2D eigenvalue weighted by atomic mass is 10.2. The van der Waals surface area contributed by atoms with Crippen molar-refractivity contribution in [3.05, 3.63) is 54.1 Å². The Balaban J connectivity index is 1.62. The number of rotatable bonds is 4. The van der Waals surface area contributed by atoms with Gasteiger partial charge in [0.25, 0.3) is 0 Å². The molecule has 0 spiro atoms. The molecule has 28 heavy (non-hydrogen) atoms. The van der Waals surface area contributed by atoms with E-state index in [1.807, 2.05) is 30.3 Å². The van der Waals surface area contributed by atoms with Gasteiger partial charge < -0.3 is 20.1 Å². The largest absolute Gasteiger partial charge is 0.504 e. The van der Waals surface area contributed by atoms with Crippen LogP contribution < -0.4 is 15.0 Å². The summed E-state index contributed by atoms with van der Waals surface area (Å²) in [4.78, 5) is 16.1. The number of nitrogens with one attached hydrogen (secondary N) is 1. The van der Waals surface area contributed by atoms with Crippen LogP contribution in [0.25, 0.3) is 0 Å². The van der Waals surface area contributed by atoms with E-state index in [0.717, 1.165) is 11.3 Å². The second kappa shape index (κ2) is 7.01. The van der Waals surface area contributed by atoms with Crippen LogP contribution >= 0.6 is 12.2 Å². The maximum absolute atomic E-state index is 12.8. The highest BCUT2D eigenvalue weighted by atomic mass is 32.1. The first-order valence-electron chi connectivity index (χ1n) is 8.63. The van der Waals surface area contributed by atoms with Crippen molar-refractivity contribution in [2.45, 2.75) is 12.3 Å². The van der Waals surface area contributed by atoms with Crippen LogP contribution in [0, 0.1) is 0 Å². The van der Waals surface area contributed by atoms with E-state index in [4.69, 9.17) is 17.0 Å². The van der Waals surface area contributed by atoms with Gasteiger partial charge in [-0.05, 0) is 48.1 Å². The minimum absolute atomic E-state index is 0.0534. The van der Waals surface area contributed by atoms with Crippen molar-refractivity contribution >= 4 is 35.3 Å². The molecule has 9 heteroatoms. The van der Waals surface area contributed by atoms with Gasteiger partial charge in [-0.3, -0.25) is 4.90 Å². The number of hydrazone groups is 1. The van der Waals surface area contributed by atoms with Crippen molar-refractivity contribution in [3.63, 3.8) is 0 Å². The zero-order valence-corrected chi connectivity index (χ0v) is 16.1. The molecule has 4 rings (SSSR count). The summed E-state index contributed by atoms with van der Waals surface area (Å²) < 4.78 is 5.12. The third kappa shape index (κ3) is 2.89. The van der Waals surface area contributed by atoms with Crippen LogP contribution in [0.1, 0.15) is 5.56 Å². The summed E-state index contributed by atoms with van der Waals surface area (Å²) in [7, 11) is 3.21. The Labute approximate surface area is 167 Å². The van der Waals surface area contributed by atoms with E-state index < -0.39 is 0 Å². The van der Waals surface area contributed by atoms with Crippen LogP contribution in [0.2, 0.25) is 0 Å². The molecule has 2 atom stereocenters. The number of phenolic OH excluding ortho intramolecular Hbond substituents is 1. The zero-order valence-electron chi connectivity index (χ0n) is 15.3. The summed E-state index contributed by atoms with van der Waals surface area (Å²) in [6.45, 7) is 0. The Morgan fingerprint density at radius 2 is 2.00 bits per heavy atom. The SMILES string of the molecule is COc1cc(/C=N/N2C(=S)NC3C2N(C)C(=O)N3c2ccccc2)ccc1O. The number of aromatic hydroxyl groups is 1. The van der Waals surface area contributed by atoms with E-state index in [1.165, 1.54) is 13.2 Å². The van der Waals surface area contributed by atoms with Crippen LogP contribution in [0.15, 0.2) is 53.6 Å². The van der Waals surface area contributed by atoms with Crippen LogP contribution in [0.3, 0.4) is 0 Å². The Morgan fingerprint density at radius 3 is 2.71 bits per heavy atom. The molecule has 2 aromatic rings. The first-order chi connectivity index (χ1) is 13.5. The van der Waals surface area contributed by atoms with E-state index in [1.54, 1.807) is 40.2 Å². The summed E-state index contributed by atoms with van der Waals surface area (Å²) in [6, 6.07) is 14.2. The predicted octanol–water partition coefficient (Wildman–Crippen LogP) is 2.15. The van der Waals surface area contributed by atoms with Crippen molar-refractivity contribution in [2.24, 2.45) is 5.10 Å². The monoisotopic (exact) mass is 397 g/mol. The number of methoxy groups -OCH3 is 1. The summed E-state index contributed by atoms with van der Waals surface area (Å²) >= 11 is 5.45. The molecular formula is C19H19N5O3S. The number of anilines is 1. The molecule has 144 valence electrons. The fourth-order valence-electron chi connectivity index (χ4n) is 3.38. The van der Waals surface area contributed by atoms with Crippen molar-refractivity contribution in [3.8, 4) is 11.5 Å². The van der Waals surface area contributed by atoms with Gasteiger partial charge in [0.05, 0.1) is 13.3 Å². The van der Waals surface area contributed by atoms with E-state index >= 15 is 0 Å². The number of amides is 2. The molecule has 0 aliphatic carbocycles. The lowest BCUT2D eigenvalue weighted by Crippen LogP contribution is -2.43. The van der Waals surface area contributed by atoms with Crippen LogP contribution in [0.4, 0.5) is 10.5 Å². The number of carbonyl (C=O) groups is 1. The molecule has 0 bridgehead atoms. The highest BCUT2D eigenvalue weighted by molar-refractivity contribution is 7.80. The quantitative estimate of drug-likeness (QED) is 0.608. The highest BCUT2D eigenvalue weighted by Crippen LogP contribution is 2.32. The number of para-hydroxylation sites is 1. The van der Waals surface area contributed by atoms with Crippen LogP contribution in [-0.2, 0) is 0 Å². The van der Waals surface area contributed by atoms with E-state index in [2.05, 4.69) is 10.4 Å². The summed E-state index contributed by atoms with van der Waals surface area (Å²) in [5, 5.41) is 19.4. The molecule has 2 saturated heterocycles. The third-order valence-electron chi connectivity index (χ3n) is 4.76. The average molecular weight is 397 g/mol. The lowest BCUT2D eigenvalue weighted by Gasteiger charge is -2.23. The van der Waals surface area contributed by atoms with Gasteiger partial charge in [-0.15, -0.1) is 0 Å². The van der Waals surface area contributed by atoms with E-state index in [9.17, 15) is 9.90 Å². The minimum atomic E-state index is -0.379. The number of urea groups is 1. The molecule has 2 aliphatic heterocycles. The van der Waals surface area contributed by atoms with Gasteiger partial charge in [0.15, 0.2) is 28.9 Å². The van der Waals surface area contributed by atoms with Gasteiger partial charge in [0.1, 0.15) is 0 Å². The van der Waals surface area contributed by atoms with E-state index in [0.29, 0.717) is 10.9 Å². The van der Waals surface area contributed by atoms with E-state index in [-0.39, 0.29) is 24.1 Å². The van der Waals surface area contributed by atoms with Crippen molar-refractivity contribution < 1.29 is 14.6 Å². The zero-order chi connectivity index (χ0) is 19.8. The number of hydrogen-bond acceptors (Lipinski definition) is 5. The second-order valence-electron chi connectivity index (χ2n) is 6.43. The number of carbonyl (C=O) groups excluding carboxylic acids is 1. The van der Waals surface area contributed by atoms with Gasteiger partial charge in [-0.25, -0.2) is 9.80 Å². The molecular weight excluding hydrogens is 378 g/mol. The number of likely N-dealkylation sites (N-methyl/N-ethyl adjacent to an activating group) is 1. The van der Waals surface area contributed by atoms with Crippen molar-refractivity contribution in [2.75, 3.05) is 19.1 Å². The third-order valence-corrected chi connectivity index (χ3v) is 5.07. The summed E-state index contributed by atoms with van der Waals surface area (Å²) in [5.74, 6) is 0.407. The topological polar surface area (TPSA) is 80.6 Å². The normalized spacial score (nSPS) is 21.4. The molecule has 0 saturated carbocycles. The number of thiocarbonyl (C=S) groups is 1. The second-order valence-corrected chi connectivity index (χ2v) is 6.81. The predicted molar refractivity (Wildman–Crippen MR) is 109 cm³/mol. The number of nitrogens with zero attached hydrogens (tertiary/aromatic N) is 4. The highest BCUT2D eigenvalue weighted by Gasteiger charge is 2.53. The Kier molecular flexibility index (Phi) is 4.52. The first kappa shape index (κ1) is 18.1. The van der Waals surface area contributed by atoms with Crippen LogP contribution in [0.5, 0.6) is 11.5 Å². The number of fused-ring (bicyclic) bond motifs is 1. The van der Waals surface area contributed by atoms with Gasteiger partial charge in [0, 0.05) is 12.7 Å². The number of hydrogen-bond donors (Lipinski definition) is 2. The lowest BCUT2D eigenvalue weighted by molar-refractivity contribution is 0.174. The smallest absolute Gasteiger partial charge is 0.327 e. The molecule has 2 amide bonds. The summed E-state index contributed by atoms with van der Waals surface area (Å²) in [5.41, 5.74) is 1.52. The fraction of sp³-hybridized carbons (Fsp3) is 0.211. The molecule has 2 fully saturated rings. The maximum atomic E-state index is 12.8. The fourth-order valence-corrected chi connectivity index (χ4v) is 3.66. The Bertz CT molecular complexity index is 952. The number of ether oxygens (including phenoxy) is 1. The number of phenols is 1. The molecule has 2 aromatic carbocycles. The Morgan fingerprint density at radius 1 is 1.25 bits per heavy atom. The molecule has 2 N–H and O–H groups in total. The van der Waals surface area contributed by atoms with Gasteiger partial charge in [-0.1, -0.05) is 18.2 Å². The molecule has 0 radical (unpaired) electrons. The molecule has 2 heterocycles. The molecule has 8 nitrogen and oxygen atoms in total.